The first kappa shape index (κ1) is 12.2. The van der Waals surface area contributed by atoms with Crippen LogP contribution >= 0.6 is 0 Å². The Labute approximate surface area is 106 Å². The summed E-state index contributed by atoms with van der Waals surface area (Å²) in [6.45, 7) is 1.86. The molecule has 0 saturated heterocycles. The Morgan fingerprint density at radius 3 is 2.61 bits per heavy atom. The number of nitrogen functional groups attached to an aromatic ring is 1. The number of nitrogens with one attached hydrogen (secondary N) is 1. The van der Waals surface area contributed by atoms with Gasteiger partial charge in [-0.15, -0.1) is 0 Å². The second-order valence-electron chi connectivity index (χ2n) is 4.19. The Morgan fingerprint density at radius 1 is 1.39 bits per heavy atom. The van der Waals surface area contributed by atoms with Gasteiger partial charge in [0.15, 0.2) is 5.82 Å². The molecular weight excluding hydrogens is 228 g/mol. The monoisotopic (exact) mass is 244 g/mol. The van der Waals surface area contributed by atoms with E-state index in [1.807, 2.05) is 37.3 Å². The molecule has 0 bridgehead atoms. The predicted molar refractivity (Wildman–Crippen MR) is 71.1 cm³/mol. The predicted octanol–water partition coefficient (Wildman–Crippen LogP) is 1.74. The highest BCUT2D eigenvalue weighted by molar-refractivity contribution is 5.96. The van der Waals surface area contributed by atoms with Crippen LogP contribution in [0.25, 0.3) is 0 Å². The fourth-order valence-electron chi connectivity index (χ4n) is 1.73. The van der Waals surface area contributed by atoms with Crippen LogP contribution in [0, 0.1) is 0 Å². The number of amides is 1. The molecule has 1 heterocycles. The summed E-state index contributed by atoms with van der Waals surface area (Å²) in [7, 11) is 1.74. The molecule has 1 amide bonds. The number of aromatic nitrogens is 2. The topological polar surface area (TPSA) is 72.9 Å². The van der Waals surface area contributed by atoms with Crippen molar-refractivity contribution in [3.63, 3.8) is 0 Å². The lowest BCUT2D eigenvalue weighted by Crippen LogP contribution is -2.21. The summed E-state index contributed by atoms with van der Waals surface area (Å²) in [5.74, 6) is 0.194. The van der Waals surface area contributed by atoms with Crippen molar-refractivity contribution in [2.24, 2.45) is 7.05 Å². The van der Waals surface area contributed by atoms with Crippen molar-refractivity contribution < 1.29 is 4.79 Å². The quantitative estimate of drug-likeness (QED) is 0.863. The van der Waals surface area contributed by atoms with E-state index in [2.05, 4.69) is 10.4 Å². The van der Waals surface area contributed by atoms with Gasteiger partial charge in [-0.1, -0.05) is 30.3 Å². The summed E-state index contributed by atoms with van der Waals surface area (Å²) in [4.78, 5) is 12.1. The van der Waals surface area contributed by atoms with Gasteiger partial charge in [-0.3, -0.25) is 9.48 Å². The lowest BCUT2D eigenvalue weighted by Gasteiger charge is -2.13. The number of hydrogen-bond donors (Lipinski definition) is 2. The van der Waals surface area contributed by atoms with Crippen LogP contribution in [0.4, 0.5) is 11.5 Å². The molecule has 0 radical (unpaired) electrons. The zero-order chi connectivity index (χ0) is 13.1. The average Bonchev–Trinajstić information content (AvgIpc) is 2.70. The van der Waals surface area contributed by atoms with Gasteiger partial charge >= 0.3 is 0 Å². The number of aryl methyl sites for hydroxylation is 1. The van der Waals surface area contributed by atoms with Crippen LogP contribution in [0.5, 0.6) is 0 Å². The van der Waals surface area contributed by atoms with E-state index in [0.717, 1.165) is 5.56 Å². The summed E-state index contributed by atoms with van der Waals surface area (Å²) in [6.07, 6.45) is 1.52. The highest BCUT2D eigenvalue weighted by atomic mass is 16.2. The number of nitrogens with zero attached hydrogens (tertiary/aromatic N) is 2. The molecule has 0 aliphatic rings. The third-order valence-corrected chi connectivity index (χ3v) is 2.90. The SMILES string of the molecule is CC(C(=O)Nc1c(N)cnn1C)c1ccccc1. The summed E-state index contributed by atoms with van der Waals surface area (Å²) < 4.78 is 1.55. The number of nitrogens with two attached hydrogens (primary N) is 1. The molecular formula is C13H16N4O. The van der Waals surface area contributed by atoms with E-state index in [4.69, 9.17) is 5.73 Å². The van der Waals surface area contributed by atoms with Crippen molar-refractivity contribution in [1.82, 2.24) is 9.78 Å². The molecule has 2 rings (SSSR count). The van der Waals surface area contributed by atoms with Crippen LogP contribution in [0.2, 0.25) is 0 Å². The third kappa shape index (κ3) is 2.34. The Hall–Kier alpha value is -2.30. The van der Waals surface area contributed by atoms with Crippen LogP contribution < -0.4 is 11.1 Å². The smallest absolute Gasteiger partial charge is 0.232 e. The molecule has 0 spiro atoms. The molecule has 0 aliphatic carbocycles. The maximum atomic E-state index is 12.1. The van der Waals surface area contributed by atoms with E-state index in [0.29, 0.717) is 11.5 Å². The van der Waals surface area contributed by atoms with Crippen LogP contribution in [0.1, 0.15) is 18.4 Å². The summed E-state index contributed by atoms with van der Waals surface area (Å²) in [6, 6.07) is 9.61. The molecule has 3 N–H and O–H groups in total. The first-order chi connectivity index (χ1) is 8.59. The molecule has 2 aromatic rings. The molecule has 0 fully saturated rings. The van der Waals surface area contributed by atoms with Crippen LogP contribution in [0.3, 0.4) is 0 Å². The summed E-state index contributed by atoms with van der Waals surface area (Å²) in [5.41, 5.74) is 7.16. The second kappa shape index (κ2) is 4.91. The number of benzene rings is 1. The molecule has 0 aliphatic heterocycles. The first-order valence-electron chi connectivity index (χ1n) is 5.73. The lowest BCUT2D eigenvalue weighted by atomic mass is 10.0. The minimum Gasteiger partial charge on any atom is -0.394 e. The minimum atomic E-state index is -0.236. The number of anilines is 2. The molecule has 1 unspecified atom stereocenters. The molecule has 18 heavy (non-hydrogen) atoms. The Morgan fingerprint density at radius 2 is 2.06 bits per heavy atom. The van der Waals surface area contributed by atoms with E-state index in [9.17, 15) is 4.79 Å². The number of carbonyl (C=O) groups is 1. The van der Waals surface area contributed by atoms with E-state index < -0.39 is 0 Å². The standard InChI is InChI=1S/C13H16N4O/c1-9(10-6-4-3-5-7-10)13(18)16-12-11(14)8-15-17(12)2/h3-9H,14H2,1-2H3,(H,16,18). The third-order valence-electron chi connectivity index (χ3n) is 2.90. The van der Waals surface area contributed by atoms with Crippen molar-refractivity contribution >= 4 is 17.4 Å². The van der Waals surface area contributed by atoms with Crippen LogP contribution in [-0.2, 0) is 11.8 Å². The van der Waals surface area contributed by atoms with E-state index in [-0.39, 0.29) is 11.8 Å². The maximum Gasteiger partial charge on any atom is 0.232 e. The normalized spacial score (nSPS) is 12.1. The lowest BCUT2D eigenvalue weighted by molar-refractivity contribution is -0.117. The molecule has 0 saturated carbocycles. The average molecular weight is 244 g/mol. The van der Waals surface area contributed by atoms with E-state index in [1.54, 1.807) is 11.7 Å². The molecule has 1 aromatic carbocycles. The van der Waals surface area contributed by atoms with Crippen molar-refractivity contribution in [3.05, 3.63) is 42.1 Å². The van der Waals surface area contributed by atoms with Crippen LogP contribution in [0.15, 0.2) is 36.5 Å². The molecule has 1 atom stereocenters. The van der Waals surface area contributed by atoms with Gasteiger partial charge in [-0.05, 0) is 12.5 Å². The highest BCUT2D eigenvalue weighted by Gasteiger charge is 2.17. The fourth-order valence-corrected chi connectivity index (χ4v) is 1.73. The molecule has 94 valence electrons. The van der Waals surface area contributed by atoms with Crippen molar-refractivity contribution in [3.8, 4) is 0 Å². The first-order valence-corrected chi connectivity index (χ1v) is 5.73. The summed E-state index contributed by atoms with van der Waals surface area (Å²) >= 11 is 0. The van der Waals surface area contributed by atoms with Gasteiger partial charge in [-0.25, -0.2) is 0 Å². The number of hydrogen-bond acceptors (Lipinski definition) is 3. The summed E-state index contributed by atoms with van der Waals surface area (Å²) in [5, 5.41) is 6.77. The maximum absolute atomic E-state index is 12.1. The number of rotatable bonds is 3. The minimum absolute atomic E-state index is 0.100. The molecule has 1 aromatic heterocycles. The van der Waals surface area contributed by atoms with Gasteiger partial charge in [0.2, 0.25) is 5.91 Å². The zero-order valence-electron chi connectivity index (χ0n) is 10.4. The second-order valence-corrected chi connectivity index (χ2v) is 4.19. The van der Waals surface area contributed by atoms with Gasteiger partial charge < -0.3 is 11.1 Å². The Bertz CT molecular complexity index is 528. The van der Waals surface area contributed by atoms with Gasteiger partial charge in [0, 0.05) is 7.05 Å². The molecule has 5 nitrogen and oxygen atoms in total. The fraction of sp³-hybridized carbons (Fsp3) is 0.231. The van der Waals surface area contributed by atoms with Gasteiger partial charge in [0.25, 0.3) is 0 Å². The van der Waals surface area contributed by atoms with Gasteiger partial charge in [0.05, 0.1) is 17.8 Å². The Kier molecular flexibility index (Phi) is 3.32. The van der Waals surface area contributed by atoms with E-state index >= 15 is 0 Å². The van der Waals surface area contributed by atoms with Crippen molar-refractivity contribution in [1.29, 1.82) is 0 Å². The van der Waals surface area contributed by atoms with Gasteiger partial charge in [-0.2, -0.15) is 5.10 Å². The zero-order valence-corrected chi connectivity index (χ0v) is 10.4. The van der Waals surface area contributed by atoms with Crippen molar-refractivity contribution in [2.75, 3.05) is 11.1 Å². The van der Waals surface area contributed by atoms with Crippen LogP contribution in [-0.4, -0.2) is 15.7 Å². The van der Waals surface area contributed by atoms with Gasteiger partial charge in [0.1, 0.15) is 0 Å². The number of carbonyl (C=O) groups excluding carboxylic acids is 1. The highest BCUT2D eigenvalue weighted by Crippen LogP contribution is 2.20. The molecule has 5 heteroatoms. The Balaban J connectivity index is 2.14. The van der Waals surface area contributed by atoms with E-state index in [1.165, 1.54) is 6.20 Å². The van der Waals surface area contributed by atoms with Crippen molar-refractivity contribution in [2.45, 2.75) is 12.8 Å². The largest absolute Gasteiger partial charge is 0.394 e.